The summed E-state index contributed by atoms with van der Waals surface area (Å²) in [5, 5.41) is 6.32. The van der Waals surface area contributed by atoms with E-state index < -0.39 is 10.0 Å². The number of benzene rings is 1. The van der Waals surface area contributed by atoms with Gasteiger partial charge in [0.2, 0.25) is 10.0 Å². The lowest BCUT2D eigenvalue weighted by Crippen LogP contribution is -2.26. The lowest BCUT2D eigenvalue weighted by atomic mass is 10.2. The molecule has 0 amide bonds. The summed E-state index contributed by atoms with van der Waals surface area (Å²) >= 11 is 0. The predicted octanol–water partition coefficient (Wildman–Crippen LogP) is 1.24. The lowest BCUT2D eigenvalue weighted by Gasteiger charge is -2.05. The van der Waals surface area contributed by atoms with Crippen LogP contribution in [0, 0.1) is 6.92 Å². The average Bonchev–Trinajstić information content (AvgIpc) is 2.77. The number of hydrogen-bond donors (Lipinski definition) is 2. The van der Waals surface area contributed by atoms with Crippen molar-refractivity contribution in [1.82, 2.24) is 14.9 Å². The largest absolute Gasteiger partial charge is 0.281 e. The second-order valence-corrected chi connectivity index (χ2v) is 5.73. The molecule has 0 saturated heterocycles. The standard InChI is InChI=1S/C12H15N3O2S/c1-10-12(9-13-15-10)18(16,17)14-8-7-11-5-3-2-4-6-11/h2-6,9,14H,7-8H2,1H3,(H,13,15). The van der Waals surface area contributed by atoms with Crippen molar-refractivity contribution >= 4 is 10.0 Å². The highest BCUT2D eigenvalue weighted by molar-refractivity contribution is 7.89. The fraction of sp³-hybridized carbons (Fsp3) is 0.250. The monoisotopic (exact) mass is 265 g/mol. The summed E-state index contributed by atoms with van der Waals surface area (Å²) in [5.41, 5.74) is 1.64. The van der Waals surface area contributed by atoms with Gasteiger partial charge in [-0.3, -0.25) is 5.10 Å². The van der Waals surface area contributed by atoms with Crippen molar-refractivity contribution in [1.29, 1.82) is 0 Å². The molecule has 0 spiro atoms. The van der Waals surface area contributed by atoms with Gasteiger partial charge in [-0.15, -0.1) is 0 Å². The van der Waals surface area contributed by atoms with E-state index in [-0.39, 0.29) is 4.90 Å². The third kappa shape index (κ3) is 2.96. The summed E-state index contributed by atoms with van der Waals surface area (Å²) in [5.74, 6) is 0. The number of nitrogens with zero attached hydrogens (tertiary/aromatic N) is 1. The van der Waals surface area contributed by atoms with Gasteiger partial charge >= 0.3 is 0 Å². The fourth-order valence-corrected chi connectivity index (χ4v) is 2.83. The van der Waals surface area contributed by atoms with E-state index in [1.807, 2.05) is 30.3 Å². The number of hydrogen-bond acceptors (Lipinski definition) is 3. The number of H-pyrrole nitrogens is 1. The van der Waals surface area contributed by atoms with E-state index in [0.29, 0.717) is 18.7 Å². The zero-order valence-electron chi connectivity index (χ0n) is 10.1. The van der Waals surface area contributed by atoms with Crippen molar-refractivity contribution in [2.24, 2.45) is 0 Å². The highest BCUT2D eigenvalue weighted by Gasteiger charge is 2.17. The zero-order valence-corrected chi connectivity index (χ0v) is 10.9. The molecule has 0 bridgehead atoms. The van der Waals surface area contributed by atoms with Gasteiger partial charge in [-0.2, -0.15) is 5.10 Å². The zero-order chi connectivity index (χ0) is 13.0. The minimum absolute atomic E-state index is 0.204. The molecule has 0 fully saturated rings. The molecule has 0 radical (unpaired) electrons. The average molecular weight is 265 g/mol. The van der Waals surface area contributed by atoms with Crippen LogP contribution in [0.1, 0.15) is 11.3 Å². The lowest BCUT2D eigenvalue weighted by molar-refractivity contribution is 0.581. The van der Waals surface area contributed by atoms with Crippen LogP contribution < -0.4 is 4.72 Å². The first kappa shape index (κ1) is 12.8. The maximum absolute atomic E-state index is 11.9. The SMILES string of the molecule is Cc1[nH]ncc1S(=O)(=O)NCCc1ccccc1. The molecule has 6 heteroatoms. The number of aromatic nitrogens is 2. The van der Waals surface area contributed by atoms with Crippen molar-refractivity contribution in [3.63, 3.8) is 0 Å². The van der Waals surface area contributed by atoms with Crippen LogP contribution in [0.5, 0.6) is 0 Å². The fourth-order valence-electron chi connectivity index (χ4n) is 1.66. The molecule has 0 atom stereocenters. The van der Waals surface area contributed by atoms with Gasteiger partial charge < -0.3 is 0 Å². The summed E-state index contributed by atoms with van der Waals surface area (Å²) in [7, 11) is -3.46. The minimum Gasteiger partial charge on any atom is -0.281 e. The number of sulfonamides is 1. The highest BCUT2D eigenvalue weighted by Crippen LogP contribution is 2.10. The predicted molar refractivity (Wildman–Crippen MR) is 68.7 cm³/mol. The second-order valence-electron chi connectivity index (χ2n) is 3.99. The van der Waals surface area contributed by atoms with E-state index in [1.54, 1.807) is 6.92 Å². The Morgan fingerprint density at radius 1 is 1.28 bits per heavy atom. The quantitative estimate of drug-likeness (QED) is 0.854. The minimum atomic E-state index is -3.46. The number of rotatable bonds is 5. The molecular weight excluding hydrogens is 250 g/mol. The first-order valence-corrected chi connectivity index (χ1v) is 7.11. The Kier molecular flexibility index (Phi) is 3.78. The molecule has 2 rings (SSSR count). The smallest absolute Gasteiger partial charge is 0.243 e. The van der Waals surface area contributed by atoms with Crippen LogP contribution in [0.4, 0.5) is 0 Å². The van der Waals surface area contributed by atoms with Crippen LogP contribution in [0.25, 0.3) is 0 Å². The molecule has 1 aromatic heterocycles. The molecular formula is C12H15N3O2S. The van der Waals surface area contributed by atoms with Crippen molar-refractivity contribution in [3.05, 3.63) is 47.8 Å². The first-order chi connectivity index (χ1) is 8.59. The van der Waals surface area contributed by atoms with Crippen LogP contribution in [0.15, 0.2) is 41.4 Å². The van der Waals surface area contributed by atoms with Crippen molar-refractivity contribution < 1.29 is 8.42 Å². The van der Waals surface area contributed by atoms with E-state index >= 15 is 0 Å². The van der Waals surface area contributed by atoms with E-state index in [1.165, 1.54) is 6.20 Å². The number of aromatic amines is 1. The molecule has 0 aliphatic carbocycles. The van der Waals surface area contributed by atoms with Crippen LogP contribution in [0.2, 0.25) is 0 Å². The molecule has 18 heavy (non-hydrogen) atoms. The van der Waals surface area contributed by atoms with E-state index in [4.69, 9.17) is 0 Å². The summed E-state index contributed by atoms with van der Waals surface area (Å²) < 4.78 is 26.4. The Hall–Kier alpha value is -1.66. The van der Waals surface area contributed by atoms with Gasteiger partial charge in [0.15, 0.2) is 0 Å². The molecule has 2 aromatic rings. The third-order valence-electron chi connectivity index (χ3n) is 2.62. The molecule has 2 N–H and O–H groups in total. The molecule has 1 aromatic carbocycles. The van der Waals surface area contributed by atoms with E-state index in [9.17, 15) is 8.42 Å². The van der Waals surface area contributed by atoms with Crippen LogP contribution in [-0.4, -0.2) is 25.2 Å². The molecule has 96 valence electrons. The Morgan fingerprint density at radius 3 is 2.61 bits per heavy atom. The van der Waals surface area contributed by atoms with Crippen molar-refractivity contribution in [2.45, 2.75) is 18.2 Å². The second kappa shape index (κ2) is 5.32. The van der Waals surface area contributed by atoms with Crippen LogP contribution in [0.3, 0.4) is 0 Å². The first-order valence-electron chi connectivity index (χ1n) is 5.63. The van der Waals surface area contributed by atoms with Gasteiger partial charge in [-0.25, -0.2) is 13.1 Å². The molecule has 0 unspecified atom stereocenters. The van der Waals surface area contributed by atoms with E-state index in [0.717, 1.165) is 5.56 Å². The van der Waals surface area contributed by atoms with Crippen molar-refractivity contribution in [3.8, 4) is 0 Å². The highest BCUT2D eigenvalue weighted by atomic mass is 32.2. The Balaban J connectivity index is 1.97. The maximum atomic E-state index is 11.9. The van der Waals surface area contributed by atoms with Gasteiger partial charge in [0.05, 0.1) is 11.9 Å². The molecule has 1 heterocycles. The van der Waals surface area contributed by atoms with Gasteiger partial charge in [0, 0.05) is 6.54 Å². The molecule has 5 nitrogen and oxygen atoms in total. The Bertz CT molecular complexity index is 605. The third-order valence-corrected chi connectivity index (χ3v) is 4.20. The maximum Gasteiger partial charge on any atom is 0.243 e. The van der Waals surface area contributed by atoms with Crippen molar-refractivity contribution in [2.75, 3.05) is 6.54 Å². The van der Waals surface area contributed by atoms with Gasteiger partial charge in [0.1, 0.15) is 4.90 Å². The summed E-state index contributed by atoms with van der Waals surface area (Å²) in [6, 6.07) is 9.74. The summed E-state index contributed by atoms with van der Waals surface area (Å²) in [6.07, 6.45) is 1.98. The van der Waals surface area contributed by atoms with Gasteiger partial charge in [-0.1, -0.05) is 30.3 Å². The van der Waals surface area contributed by atoms with Gasteiger partial charge in [0.25, 0.3) is 0 Å². The molecule has 0 aliphatic heterocycles. The Labute approximate surface area is 106 Å². The summed E-state index contributed by atoms with van der Waals surface area (Å²) in [4.78, 5) is 0.204. The number of nitrogens with one attached hydrogen (secondary N) is 2. The summed E-state index contributed by atoms with van der Waals surface area (Å²) in [6.45, 7) is 2.05. The van der Waals surface area contributed by atoms with Crippen LogP contribution >= 0.6 is 0 Å². The van der Waals surface area contributed by atoms with Crippen LogP contribution in [-0.2, 0) is 16.4 Å². The topological polar surface area (TPSA) is 74.8 Å². The molecule has 0 aliphatic rings. The molecule has 0 saturated carbocycles. The van der Waals surface area contributed by atoms with E-state index in [2.05, 4.69) is 14.9 Å². The van der Waals surface area contributed by atoms with Gasteiger partial charge in [-0.05, 0) is 18.9 Å². The number of aryl methyl sites for hydroxylation is 1. The normalized spacial score (nSPS) is 11.6. The Morgan fingerprint density at radius 2 is 2.00 bits per heavy atom.